The molecule has 1 atom stereocenters. The van der Waals surface area contributed by atoms with Crippen LogP contribution in [0.2, 0.25) is 0 Å². The smallest absolute Gasteiger partial charge is 0.406 e. The van der Waals surface area contributed by atoms with Crippen LogP contribution < -0.4 is 10.1 Å². The third-order valence-electron chi connectivity index (χ3n) is 5.42. The molecule has 3 rings (SSSR count). The van der Waals surface area contributed by atoms with Crippen molar-refractivity contribution in [3.63, 3.8) is 0 Å². The van der Waals surface area contributed by atoms with Crippen LogP contribution in [0, 0.1) is 11.3 Å². The van der Waals surface area contributed by atoms with E-state index >= 15 is 0 Å². The molecule has 0 aliphatic carbocycles. The van der Waals surface area contributed by atoms with Crippen molar-refractivity contribution in [3.05, 3.63) is 65.2 Å². The average Bonchev–Trinajstić information content (AvgIpc) is 3.02. The van der Waals surface area contributed by atoms with Gasteiger partial charge in [0.05, 0.1) is 18.7 Å². The van der Waals surface area contributed by atoms with Crippen molar-refractivity contribution in [2.45, 2.75) is 25.2 Å². The van der Waals surface area contributed by atoms with E-state index in [1.165, 1.54) is 38.3 Å². The Hall–Kier alpha value is -4.07. The van der Waals surface area contributed by atoms with E-state index in [4.69, 9.17) is 10.00 Å². The number of alkyl halides is 3. The topological polar surface area (TPSA) is 103 Å². The van der Waals surface area contributed by atoms with E-state index in [2.05, 4.69) is 5.32 Å². The number of hydrogen-bond donors (Lipinski definition) is 1. The van der Waals surface area contributed by atoms with Gasteiger partial charge >= 0.3 is 12.2 Å². The van der Waals surface area contributed by atoms with Crippen LogP contribution in [-0.4, -0.2) is 54.0 Å². The number of imide groups is 1. The summed E-state index contributed by atoms with van der Waals surface area (Å²) in [6, 6.07) is 13.1. The quantitative estimate of drug-likeness (QED) is 0.622. The molecule has 2 aromatic carbocycles. The highest BCUT2D eigenvalue weighted by Gasteiger charge is 2.50. The molecule has 0 spiro atoms. The Labute approximate surface area is 193 Å². The molecule has 2 aromatic rings. The van der Waals surface area contributed by atoms with E-state index in [1.54, 1.807) is 24.3 Å². The van der Waals surface area contributed by atoms with Crippen LogP contribution in [-0.2, 0) is 21.7 Å². The zero-order chi connectivity index (χ0) is 25.1. The first-order chi connectivity index (χ1) is 16.0. The SMILES string of the molecule is COc1ccc(C2(C)NC(=O)N(CC(=O)N(Cc3ccc(C#N)cc3)CC(F)(F)F)C2=O)cc1. The predicted molar refractivity (Wildman–Crippen MR) is 113 cm³/mol. The highest BCUT2D eigenvalue weighted by Crippen LogP contribution is 2.30. The van der Waals surface area contributed by atoms with E-state index in [9.17, 15) is 27.6 Å². The van der Waals surface area contributed by atoms with E-state index in [1.807, 2.05) is 6.07 Å². The van der Waals surface area contributed by atoms with Crippen LogP contribution >= 0.6 is 0 Å². The molecule has 0 radical (unpaired) electrons. The second kappa shape index (κ2) is 9.43. The average molecular weight is 474 g/mol. The van der Waals surface area contributed by atoms with Crippen LogP contribution in [0.25, 0.3) is 0 Å². The highest BCUT2D eigenvalue weighted by molar-refractivity contribution is 6.09. The molecule has 1 saturated heterocycles. The first kappa shape index (κ1) is 24.6. The molecular formula is C23H21F3N4O4. The summed E-state index contributed by atoms with van der Waals surface area (Å²) in [6.07, 6.45) is -4.70. The molecule has 0 saturated carbocycles. The minimum atomic E-state index is -4.70. The molecule has 1 aliphatic rings. The molecule has 1 aliphatic heterocycles. The maximum Gasteiger partial charge on any atom is 0.406 e. The number of rotatable bonds is 7. The summed E-state index contributed by atoms with van der Waals surface area (Å²) < 4.78 is 44.5. The van der Waals surface area contributed by atoms with Gasteiger partial charge in [0.1, 0.15) is 24.4 Å². The van der Waals surface area contributed by atoms with E-state index in [0.29, 0.717) is 32.2 Å². The van der Waals surface area contributed by atoms with Gasteiger partial charge in [0.25, 0.3) is 5.91 Å². The van der Waals surface area contributed by atoms with E-state index in [0.717, 1.165) is 0 Å². The lowest BCUT2D eigenvalue weighted by Crippen LogP contribution is -2.46. The zero-order valence-electron chi connectivity index (χ0n) is 18.3. The molecule has 34 heavy (non-hydrogen) atoms. The number of nitriles is 1. The minimum Gasteiger partial charge on any atom is -0.497 e. The van der Waals surface area contributed by atoms with Gasteiger partial charge in [0.2, 0.25) is 5.91 Å². The number of amides is 4. The van der Waals surface area contributed by atoms with Gasteiger partial charge in [-0.15, -0.1) is 0 Å². The van der Waals surface area contributed by atoms with Crippen molar-refractivity contribution in [1.29, 1.82) is 5.26 Å². The molecule has 1 heterocycles. The monoisotopic (exact) mass is 474 g/mol. The number of ether oxygens (including phenoxy) is 1. The fraction of sp³-hybridized carbons (Fsp3) is 0.304. The van der Waals surface area contributed by atoms with Crippen LogP contribution in [0.4, 0.5) is 18.0 Å². The van der Waals surface area contributed by atoms with E-state index in [-0.39, 0.29) is 0 Å². The van der Waals surface area contributed by atoms with Crippen molar-refractivity contribution in [1.82, 2.24) is 15.1 Å². The van der Waals surface area contributed by atoms with Crippen molar-refractivity contribution in [3.8, 4) is 11.8 Å². The van der Waals surface area contributed by atoms with Gasteiger partial charge in [-0.05, 0) is 42.3 Å². The predicted octanol–water partition coefficient (Wildman–Crippen LogP) is 2.92. The van der Waals surface area contributed by atoms with Gasteiger partial charge in [0, 0.05) is 6.54 Å². The molecule has 0 aromatic heterocycles. The fourth-order valence-electron chi connectivity index (χ4n) is 3.55. The lowest BCUT2D eigenvalue weighted by Gasteiger charge is -2.26. The lowest BCUT2D eigenvalue weighted by molar-refractivity contribution is -0.163. The molecule has 1 unspecified atom stereocenters. The molecule has 1 N–H and O–H groups in total. The summed E-state index contributed by atoms with van der Waals surface area (Å²) in [7, 11) is 1.47. The highest BCUT2D eigenvalue weighted by atomic mass is 19.4. The molecule has 0 bridgehead atoms. The molecular weight excluding hydrogens is 453 g/mol. The molecule has 178 valence electrons. The maximum absolute atomic E-state index is 13.2. The largest absolute Gasteiger partial charge is 0.497 e. The van der Waals surface area contributed by atoms with Gasteiger partial charge in [-0.25, -0.2) is 4.79 Å². The number of carbonyl (C=O) groups is 3. The Morgan fingerprint density at radius 1 is 1.15 bits per heavy atom. The number of nitrogens with zero attached hydrogens (tertiary/aromatic N) is 3. The number of hydrogen-bond acceptors (Lipinski definition) is 5. The first-order valence-corrected chi connectivity index (χ1v) is 10.1. The molecule has 8 nitrogen and oxygen atoms in total. The summed E-state index contributed by atoms with van der Waals surface area (Å²) >= 11 is 0. The summed E-state index contributed by atoms with van der Waals surface area (Å²) in [5.74, 6) is -1.28. The van der Waals surface area contributed by atoms with Gasteiger partial charge in [-0.2, -0.15) is 18.4 Å². The van der Waals surface area contributed by atoms with Crippen LogP contribution in [0.15, 0.2) is 48.5 Å². The third kappa shape index (κ3) is 5.28. The van der Waals surface area contributed by atoms with Crippen LogP contribution in [0.3, 0.4) is 0 Å². The van der Waals surface area contributed by atoms with Crippen molar-refractivity contribution in [2.24, 2.45) is 0 Å². The lowest BCUT2D eigenvalue weighted by atomic mass is 9.92. The third-order valence-corrected chi connectivity index (χ3v) is 5.42. The minimum absolute atomic E-state index is 0.314. The van der Waals surface area contributed by atoms with Gasteiger partial charge < -0.3 is 15.0 Å². The summed E-state index contributed by atoms with van der Waals surface area (Å²) in [5, 5.41) is 11.4. The molecule has 11 heteroatoms. The first-order valence-electron chi connectivity index (χ1n) is 10.1. The Morgan fingerprint density at radius 3 is 2.29 bits per heavy atom. The Bertz CT molecular complexity index is 1130. The number of halogens is 3. The standard InChI is InChI=1S/C23H21F3N4O4/c1-22(17-7-9-18(34-2)10-8-17)20(32)30(21(33)28-22)13-19(31)29(14-23(24,25)26)12-16-5-3-15(11-27)4-6-16/h3-10H,12-14H2,1-2H3,(H,28,33). The Morgan fingerprint density at radius 2 is 1.76 bits per heavy atom. The summed E-state index contributed by atoms with van der Waals surface area (Å²) in [6.45, 7) is -1.39. The Balaban J connectivity index is 1.79. The molecule has 1 fully saturated rings. The Kier molecular flexibility index (Phi) is 6.81. The van der Waals surface area contributed by atoms with Crippen LogP contribution in [0.5, 0.6) is 5.75 Å². The normalized spacial score (nSPS) is 17.8. The summed E-state index contributed by atoms with van der Waals surface area (Å²) in [4.78, 5) is 39.5. The second-order valence-electron chi connectivity index (χ2n) is 7.85. The van der Waals surface area contributed by atoms with Crippen molar-refractivity contribution >= 4 is 17.8 Å². The van der Waals surface area contributed by atoms with Gasteiger partial charge in [-0.3, -0.25) is 14.5 Å². The number of benzene rings is 2. The van der Waals surface area contributed by atoms with Crippen LogP contribution in [0.1, 0.15) is 23.6 Å². The number of urea groups is 1. The zero-order valence-corrected chi connectivity index (χ0v) is 18.3. The molecule has 4 amide bonds. The maximum atomic E-state index is 13.2. The number of carbonyl (C=O) groups excluding carboxylic acids is 3. The van der Waals surface area contributed by atoms with Crippen molar-refractivity contribution < 1.29 is 32.3 Å². The van der Waals surface area contributed by atoms with Gasteiger partial charge in [-0.1, -0.05) is 24.3 Å². The number of nitrogens with one attached hydrogen (secondary N) is 1. The van der Waals surface area contributed by atoms with E-state index < -0.39 is 49.2 Å². The number of methoxy groups -OCH3 is 1. The summed E-state index contributed by atoms with van der Waals surface area (Å²) in [5.41, 5.74) is -0.399. The fourth-order valence-corrected chi connectivity index (χ4v) is 3.55. The van der Waals surface area contributed by atoms with Crippen molar-refractivity contribution in [2.75, 3.05) is 20.2 Å². The van der Waals surface area contributed by atoms with Gasteiger partial charge in [0.15, 0.2) is 0 Å². The second-order valence-corrected chi connectivity index (χ2v) is 7.85.